The molecular weight excluding hydrogens is 130 g/mol. The third-order valence-electron chi connectivity index (χ3n) is 0.813. The first-order valence-corrected chi connectivity index (χ1v) is 3.58. The summed E-state index contributed by atoms with van der Waals surface area (Å²) in [6.07, 6.45) is 0. The summed E-state index contributed by atoms with van der Waals surface area (Å²) in [6, 6.07) is 0. The maximum Gasteiger partial charge on any atom is 0.273 e. The Morgan fingerprint density at radius 3 is 2.38 bits per heavy atom. The second kappa shape index (κ2) is 1.41. The smallest absolute Gasteiger partial charge is 0.203 e. The predicted octanol–water partition coefficient (Wildman–Crippen LogP) is -0.414. The molecule has 0 radical (unpaired) electrons. The van der Waals surface area contributed by atoms with Gasteiger partial charge in [-0.05, 0) is 0 Å². The molecule has 1 aliphatic heterocycles. The minimum Gasteiger partial charge on any atom is -0.203 e. The minimum atomic E-state index is -3.13. The SMILES string of the molecule is CN1N=NCS1(=O)=O. The molecule has 0 aromatic heterocycles. The number of rotatable bonds is 0. The summed E-state index contributed by atoms with van der Waals surface area (Å²) in [5.74, 6) is -0.205. The second-order valence-electron chi connectivity index (χ2n) is 1.41. The van der Waals surface area contributed by atoms with Gasteiger partial charge in [-0.25, -0.2) is 8.42 Å². The van der Waals surface area contributed by atoms with Crippen molar-refractivity contribution in [3.05, 3.63) is 0 Å². The van der Waals surface area contributed by atoms with Crippen LogP contribution in [0.3, 0.4) is 0 Å². The van der Waals surface area contributed by atoms with Crippen LogP contribution in [0.25, 0.3) is 0 Å². The van der Waals surface area contributed by atoms with E-state index in [1.54, 1.807) is 0 Å². The first-order valence-electron chi connectivity index (χ1n) is 1.97. The fraction of sp³-hybridized carbons (Fsp3) is 1.00. The van der Waals surface area contributed by atoms with E-state index in [1.165, 1.54) is 7.05 Å². The van der Waals surface area contributed by atoms with Crippen LogP contribution in [0.15, 0.2) is 10.3 Å². The Balaban J connectivity index is 2.96. The Kier molecular flexibility index (Phi) is 0.968. The Morgan fingerprint density at radius 2 is 2.25 bits per heavy atom. The summed E-state index contributed by atoms with van der Waals surface area (Å²) in [4.78, 5) is 0. The summed E-state index contributed by atoms with van der Waals surface area (Å²) in [6.45, 7) is 0. The zero-order valence-corrected chi connectivity index (χ0v) is 5.09. The molecule has 0 saturated heterocycles. The van der Waals surface area contributed by atoms with E-state index in [1.807, 2.05) is 0 Å². The molecule has 0 aromatic rings. The highest BCUT2D eigenvalue weighted by molar-refractivity contribution is 7.89. The van der Waals surface area contributed by atoms with Crippen LogP contribution < -0.4 is 0 Å². The zero-order chi connectivity index (χ0) is 6.20. The van der Waals surface area contributed by atoms with Crippen molar-refractivity contribution in [2.75, 3.05) is 12.9 Å². The highest BCUT2D eigenvalue weighted by Gasteiger charge is 2.20. The van der Waals surface area contributed by atoms with Crippen molar-refractivity contribution in [3.63, 3.8) is 0 Å². The first kappa shape index (κ1) is 5.49. The Hall–Kier alpha value is -0.650. The molecule has 0 bridgehead atoms. The van der Waals surface area contributed by atoms with Gasteiger partial charge in [-0.15, -0.1) is 0 Å². The minimum absolute atomic E-state index is 0.205. The Morgan fingerprint density at radius 1 is 1.62 bits per heavy atom. The van der Waals surface area contributed by atoms with E-state index >= 15 is 0 Å². The van der Waals surface area contributed by atoms with Crippen LogP contribution >= 0.6 is 0 Å². The quantitative estimate of drug-likeness (QED) is 0.453. The predicted molar refractivity (Wildman–Crippen MR) is 26.4 cm³/mol. The molecule has 0 atom stereocenters. The highest BCUT2D eigenvalue weighted by atomic mass is 32.2. The van der Waals surface area contributed by atoms with Crippen LogP contribution in [-0.4, -0.2) is 25.8 Å². The molecule has 46 valence electrons. The van der Waals surface area contributed by atoms with Gasteiger partial charge in [-0.2, -0.15) is 9.53 Å². The van der Waals surface area contributed by atoms with Crippen molar-refractivity contribution in [1.82, 2.24) is 4.41 Å². The van der Waals surface area contributed by atoms with E-state index in [0.717, 1.165) is 4.41 Å². The normalized spacial score (nSPS) is 24.4. The van der Waals surface area contributed by atoms with Gasteiger partial charge in [0.2, 0.25) is 0 Å². The molecule has 0 amide bonds. The molecule has 0 fully saturated rings. The summed E-state index contributed by atoms with van der Waals surface area (Å²) in [5, 5.41) is 6.54. The van der Waals surface area contributed by atoms with Gasteiger partial charge in [0.15, 0.2) is 5.88 Å². The van der Waals surface area contributed by atoms with Crippen molar-refractivity contribution in [1.29, 1.82) is 0 Å². The summed E-state index contributed by atoms with van der Waals surface area (Å²) in [7, 11) is -1.77. The van der Waals surface area contributed by atoms with Crippen molar-refractivity contribution >= 4 is 10.0 Å². The van der Waals surface area contributed by atoms with Crippen molar-refractivity contribution in [2.24, 2.45) is 10.3 Å². The number of hydrogen-bond acceptors (Lipinski definition) is 4. The third-order valence-corrected chi connectivity index (χ3v) is 2.13. The summed E-state index contributed by atoms with van der Waals surface area (Å²) >= 11 is 0. The maximum absolute atomic E-state index is 10.5. The monoisotopic (exact) mass is 135 g/mol. The molecule has 0 saturated carbocycles. The lowest BCUT2D eigenvalue weighted by Crippen LogP contribution is -2.17. The van der Waals surface area contributed by atoms with Crippen molar-refractivity contribution in [3.8, 4) is 0 Å². The average molecular weight is 135 g/mol. The third kappa shape index (κ3) is 0.664. The lowest BCUT2D eigenvalue weighted by molar-refractivity contribution is 0.496. The number of sulfonamides is 1. The van der Waals surface area contributed by atoms with Gasteiger partial charge < -0.3 is 0 Å². The van der Waals surface area contributed by atoms with E-state index in [9.17, 15) is 8.42 Å². The lowest BCUT2D eigenvalue weighted by atomic mass is 11.5. The molecule has 0 aliphatic carbocycles. The van der Waals surface area contributed by atoms with Crippen LogP contribution in [0.4, 0.5) is 0 Å². The zero-order valence-electron chi connectivity index (χ0n) is 4.27. The van der Waals surface area contributed by atoms with Gasteiger partial charge in [0.05, 0.1) is 0 Å². The van der Waals surface area contributed by atoms with Crippen LogP contribution in [0.1, 0.15) is 0 Å². The van der Waals surface area contributed by atoms with Gasteiger partial charge in [0.25, 0.3) is 10.0 Å². The van der Waals surface area contributed by atoms with E-state index in [0.29, 0.717) is 0 Å². The van der Waals surface area contributed by atoms with Gasteiger partial charge in [-0.3, -0.25) is 0 Å². The fourth-order valence-corrected chi connectivity index (χ4v) is 0.855. The van der Waals surface area contributed by atoms with E-state index < -0.39 is 10.0 Å². The van der Waals surface area contributed by atoms with Gasteiger partial charge in [-0.1, -0.05) is 5.22 Å². The van der Waals surface area contributed by atoms with E-state index in [2.05, 4.69) is 10.3 Å². The van der Waals surface area contributed by atoms with Gasteiger partial charge >= 0.3 is 0 Å². The Labute approximate surface area is 47.0 Å². The molecule has 8 heavy (non-hydrogen) atoms. The molecule has 6 heteroatoms. The van der Waals surface area contributed by atoms with Crippen molar-refractivity contribution in [2.45, 2.75) is 0 Å². The van der Waals surface area contributed by atoms with E-state index in [-0.39, 0.29) is 5.88 Å². The van der Waals surface area contributed by atoms with Crippen molar-refractivity contribution < 1.29 is 8.42 Å². The molecule has 0 unspecified atom stereocenters. The fourth-order valence-electron chi connectivity index (χ4n) is 0.327. The highest BCUT2D eigenvalue weighted by Crippen LogP contribution is 2.06. The average Bonchev–Trinajstić information content (AvgIpc) is 1.86. The van der Waals surface area contributed by atoms with Crippen LogP contribution in [0.2, 0.25) is 0 Å². The molecule has 1 rings (SSSR count). The topological polar surface area (TPSA) is 62.1 Å². The molecule has 1 aliphatic rings. The largest absolute Gasteiger partial charge is 0.273 e. The molecule has 0 spiro atoms. The Bertz CT molecular complexity index is 205. The number of nitrogens with zero attached hydrogens (tertiary/aromatic N) is 3. The number of hydrogen-bond donors (Lipinski definition) is 0. The van der Waals surface area contributed by atoms with Gasteiger partial charge in [0.1, 0.15) is 0 Å². The molecule has 0 aromatic carbocycles. The van der Waals surface area contributed by atoms with Crippen LogP contribution in [-0.2, 0) is 10.0 Å². The van der Waals surface area contributed by atoms with Crippen LogP contribution in [0, 0.1) is 0 Å². The van der Waals surface area contributed by atoms with Crippen LogP contribution in [0.5, 0.6) is 0 Å². The maximum atomic E-state index is 10.5. The first-order chi connectivity index (χ1) is 3.63. The molecular formula is C2H5N3O2S. The molecule has 1 heterocycles. The second-order valence-corrected chi connectivity index (χ2v) is 3.36. The molecule has 0 N–H and O–H groups in total. The molecule has 5 nitrogen and oxygen atoms in total. The summed E-state index contributed by atoms with van der Waals surface area (Å²) < 4.78 is 21.9. The lowest BCUT2D eigenvalue weighted by Gasteiger charge is -1.99. The summed E-state index contributed by atoms with van der Waals surface area (Å²) in [5.41, 5.74) is 0. The van der Waals surface area contributed by atoms with Gasteiger partial charge in [0, 0.05) is 7.05 Å². The standard InChI is InChI=1S/C2H5N3O2S/c1-5-4-3-2-8(5,6)7/h2H2,1H3. The van der Waals surface area contributed by atoms with E-state index in [4.69, 9.17) is 0 Å².